The number of hydrogen-bond donors (Lipinski definition) is 11. The van der Waals surface area contributed by atoms with Gasteiger partial charge in [-0.25, -0.2) is 4.79 Å². The lowest BCUT2D eigenvalue weighted by atomic mass is 10.0. The van der Waals surface area contributed by atoms with Gasteiger partial charge in [0.1, 0.15) is 36.3 Å². The minimum atomic E-state index is -1.25. The summed E-state index contributed by atoms with van der Waals surface area (Å²) in [6.07, 6.45) is 4.38. The Bertz CT molecular complexity index is 1960. The van der Waals surface area contributed by atoms with E-state index < -0.39 is 90.1 Å². The fourth-order valence-electron chi connectivity index (χ4n) is 6.44. The molecule has 3 aromatic rings. The Morgan fingerprint density at radius 1 is 0.607 bits per heavy atom. The van der Waals surface area contributed by atoms with E-state index in [4.69, 9.17) is 11.5 Å². The molecule has 0 fully saturated rings. The number of aromatic amines is 1. The number of nitrogens with two attached hydrogens (primary N) is 2. The fourth-order valence-corrected chi connectivity index (χ4v) is 6.44. The molecule has 19 heteroatoms. The maximum atomic E-state index is 13.9. The van der Waals surface area contributed by atoms with Crippen LogP contribution in [0.4, 0.5) is 0 Å². The van der Waals surface area contributed by atoms with Gasteiger partial charge in [0.25, 0.3) is 0 Å². The van der Waals surface area contributed by atoms with Crippen LogP contribution in [0.5, 0.6) is 0 Å². The Morgan fingerprint density at radius 3 is 1.77 bits per heavy atom. The van der Waals surface area contributed by atoms with Crippen molar-refractivity contribution in [2.75, 3.05) is 19.6 Å². The number of unbranched alkanes of at least 4 members (excludes halogenated alkanes) is 2. The maximum Gasteiger partial charge on any atom is 0.326 e. The van der Waals surface area contributed by atoms with Gasteiger partial charge in [0, 0.05) is 36.9 Å². The van der Waals surface area contributed by atoms with Crippen LogP contribution < -0.4 is 48.7 Å². The topological polar surface area (TPSA) is 309 Å². The Labute approximate surface area is 354 Å². The van der Waals surface area contributed by atoms with Crippen LogP contribution in [-0.4, -0.2) is 113 Å². The Hall–Kier alpha value is -6.34. The number of hydrogen-bond acceptors (Lipinski definition) is 10. The zero-order valence-electron chi connectivity index (χ0n) is 34.9. The predicted octanol–water partition coefficient (Wildman–Crippen LogP) is -0.620. The molecule has 0 spiro atoms. The van der Waals surface area contributed by atoms with Gasteiger partial charge >= 0.3 is 5.97 Å². The second-order valence-corrected chi connectivity index (χ2v) is 14.8. The van der Waals surface area contributed by atoms with Crippen molar-refractivity contribution in [3.63, 3.8) is 0 Å². The van der Waals surface area contributed by atoms with Crippen molar-refractivity contribution in [2.24, 2.45) is 11.5 Å². The summed E-state index contributed by atoms with van der Waals surface area (Å²) in [4.78, 5) is 107. The Morgan fingerprint density at radius 2 is 1.15 bits per heavy atom. The van der Waals surface area contributed by atoms with E-state index >= 15 is 0 Å². The first-order valence-electron chi connectivity index (χ1n) is 20.4. The number of nitrogens with one attached hydrogen (secondary N) is 8. The molecule has 13 N–H and O–H groups in total. The number of aliphatic carboxylic acids is 1. The molecule has 1 aromatic heterocycles. The molecule has 61 heavy (non-hydrogen) atoms. The lowest BCUT2D eigenvalue weighted by Crippen LogP contribution is -2.58. The SMILES string of the molecule is CC(=O)N[C@@H](CCCCN)C(=O)N[C@@H](C)C(=O)NCC(=O)N[C@@H](Cc1c[nH]c2ccccc12)C(=O)N[C@@H](C)C(=O)N[C@@H](Cc1ccccc1)C(=O)N[C@@H](CCCCN)C(=O)O. The van der Waals surface area contributed by atoms with Crippen LogP contribution in [0.1, 0.15) is 70.4 Å². The first-order chi connectivity index (χ1) is 29.1. The summed E-state index contributed by atoms with van der Waals surface area (Å²) in [5.74, 6) is -5.91. The van der Waals surface area contributed by atoms with Gasteiger partial charge < -0.3 is 58.8 Å². The van der Waals surface area contributed by atoms with Crippen molar-refractivity contribution < 1.29 is 43.5 Å². The van der Waals surface area contributed by atoms with E-state index in [2.05, 4.69) is 42.2 Å². The monoisotopic (exact) mass is 848 g/mol. The molecule has 0 unspecified atom stereocenters. The summed E-state index contributed by atoms with van der Waals surface area (Å²) < 4.78 is 0. The zero-order chi connectivity index (χ0) is 44.9. The Kier molecular flexibility index (Phi) is 20.3. The number of benzene rings is 2. The number of rotatable bonds is 26. The number of carbonyl (C=O) groups is 8. The number of amides is 7. The molecule has 2 aromatic carbocycles. The summed E-state index contributed by atoms with van der Waals surface area (Å²) in [5, 5.41) is 28.5. The highest BCUT2D eigenvalue weighted by atomic mass is 16.4. The van der Waals surface area contributed by atoms with Gasteiger partial charge in [-0.1, -0.05) is 48.5 Å². The van der Waals surface area contributed by atoms with Crippen LogP contribution >= 0.6 is 0 Å². The third-order valence-corrected chi connectivity index (χ3v) is 9.80. The first kappa shape index (κ1) is 49.0. The van der Waals surface area contributed by atoms with Gasteiger partial charge in [0.15, 0.2) is 0 Å². The third-order valence-electron chi connectivity index (χ3n) is 9.80. The smallest absolute Gasteiger partial charge is 0.326 e. The van der Waals surface area contributed by atoms with E-state index in [1.807, 2.05) is 24.3 Å². The highest BCUT2D eigenvalue weighted by Crippen LogP contribution is 2.19. The molecule has 0 aliphatic rings. The number of para-hydroxylation sites is 1. The van der Waals surface area contributed by atoms with Gasteiger partial charge in [0.2, 0.25) is 41.4 Å². The summed E-state index contributed by atoms with van der Waals surface area (Å²) in [6, 6.07) is 9.23. The van der Waals surface area contributed by atoms with Crippen LogP contribution in [0, 0.1) is 0 Å². The highest BCUT2D eigenvalue weighted by molar-refractivity contribution is 5.97. The molecule has 1 heterocycles. The van der Waals surface area contributed by atoms with E-state index in [9.17, 15) is 43.5 Å². The highest BCUT2D eigenvalue weighted by Gasteiger charge is 2.31. The predicted molar refractivity (Wildman–Crippen MR) is 227 cm³/mol. The van der Waals surface area contributed by atoms with Crippen LogP contribution in [0.3, 0.4) is 0 Å². The number of carbonyl (C=O) groups excluding carboxylic acids is 7. The van der Waals surface area contributed by atoms with Gasteiger partial charge in [-0.2, -0.15) is 0 Å². The number of carboxylic acids is 1. The van der Waals surface area contributed by atoms with Crippen molar-refractivity contribution in [2.45, 2.75) is 108 Å². The van der Waals surface area contributed by atoms with Crippen LogP contribution in [0.2, 0.25) is 0 Å². The molecule has 0 bridgehead atoms. The third kappa shape index (κ3) is 16.7. The Balaban J connectivity index is 1.72. The molecule has 332 valence electrons. The average Bonchev–Trinajstić information content (AvgIpc) is 3.64. The molecule has 0 saturated carbocycles. The lowest BCUT2D eigenvalue weighted by molar-refractivity contribution is -0.142. The molecular formula is C42H60N10O9. The van der Waals surface area contributed by atoms with E-state index in [-0.39, 0.29) is 19.3 Å². The second kappa shape index (κ2) is 25.3. The summed E-state index contributed by atoms with van der Waals surface area (Å²) >= 11 is 0. The molecule has 0 aliphatic carbocycles. The fraction of sp³-hybridized carbons (Fsp3) is 0.476. The van der Waals surface area contributed by atoms with Crippen LogP contribution in [0.25, 0.3) is 10.9 Å². The largest absolute Gasteiger partial charge is 0.480 e. The minimum absolute atomic E-state index is 0.0200. The summed E-state index contributed by atoms with van der Waals surface area (Å²) in [6.45, 7) is 4.29. The molecule has 7 amide bonds. The van der Waals surface area contributed by atoms with E-state index in [0.29, 0.717) is 56.3 Å². The normalized spacial score (nSPS) is 13.9. The van der Waals surface area contributed by atoms with Crippen molar-refractivity contribution >= 4 is 58.2 Å². The minimum Gasteiger partial charge on any atom is -0.480 e. The number of carboxylic acid groups (broad SMARTS) is 1. The van der Waals surface area contributed by atoms with Gasteiger partial charge in [-0.15, -0.1) is 0 Å². The molecular weight excluding hydrogens is 789 g/mol. The molecule has 3 rings (SSSR count). The van der Waals surface area contributed by atoms with Gasteiger partial charge in [-0.3, -0.25) is 33.6 Å². The van der Waals surface area contributed by atoms with Crippen molar-refractivity contribution in [3.8, 4) is 0 Å². The number of aromatic nitrogens is 1. The quantitative estimate of drug-likeness (QED) is 0.0453. The molecule has 6 atom stereocenters. The lowest BCUT2D eigenvalue weighted by Gasteiger charge is -2.25. The molecule has 0 aliphatic heterocycles. The number of H-pyrrole nitrogens is 1. The van der Waals surface area contributed by atoms with E-state index in [1.54, 1.807) is 36.5 Å². The summed E-state index contributed by atoms with van der Waals surface area (Å²) in [5.41, 5.74) is 13.2. The van der Waals surface area contributed by atoms with E-state index in [0.717, 1.165) is 10.9 Å². The van der Waals surface area contributed by atoms with Gasteiger partial charge in [-0.05, 0) is 82.7 Å². The number of fused-ring (bicyclic) bond motifs is 1. The average molecular weight is 849 g/mol. The van der Waals surface area contributed by atoms with Crippen molar-refractivity contribution in [1.82, 2.24) is 42.2 Å². The van der Waals surface area contributed by atoms with Crippen LogP contribution in [0.15, 0.2) is 60.8 Å². The first-order valence-corrected chi connectivity index (χ1v) is 20.4. The standard InChI is InChI=1S/C42H60N10O9/c1-25(47-39(57)32(49-27(3)53)17-9-11-19-43)37(55)46-24-36(54)50-35(22-29-23-45-31-16-8-7-15-30(29)31)40(58)48-26(2)38(56)52-34(21-28-13-5-4-6-14-28)41(59)51-33(42(60)61)18-10-12-20-44/h4-8,13-16,23,25-26,32-35,45H,9-12,17-22,24,43-44H2,1-3H3,(H,46,55)(H,47,57)(H,48,58)(H,49,53)(H,50,54)(H,51,59)(H,52,56)(H,60,61)/t25-,26-,32-,33-,34-,35-/m0/s1. The zero-order valence-corrected chi connectivity index (χ0v) is 34.9. The van der Waals surface area contributed by atoms with Crippen molar-refractivity contribution in [3.05, 3.63) is 71.9 Å². The van der Waals surface area contributed by atoms with Crippen molar-refractivity contribution in [1.29, 1.82) is 0 Å². The maximum absolute atomic E-state index is 13.9. The van der Waals surface area contributed by atoms with E-state index in [1.165, 1.54) is 20.8 Å². The molecule has 19 nitrogen and oxygen atoms in total. The second-order valence-electron chi connectivity index (χ2n) is 14.8. The molecule has 0 radical (unpaired) electrons. The summed E-state index contributed by atoms with van der Waals surface area (Å²) in [7, 11) is 0. The van der Waals surface area contributed by atoms with Gasteiger partial charge in [0.05, 0.1) is 6.54 Å². The van der Waals surface area contributed by atoms with Crippen LogP contribution in [-0.2, 0) is 51.2 Å². The molecule has 0 saturated heterocycles.